The zero-order valence-corrected chi connectivity index (χ0v) is 21.8. The standard InChI is InChI=1S/C26H27Cl2N9/c27-18-7-9-20(21(28)13-18)22-14-24-34-23(16-36-11-2-1-3-12-36)35-37(24)26(33-22)31-10-4-5-19-8-6-17(15-29)25(30)32-19/h6-9,13-14H,1-5,10-12,16H2,(H2,30,32)(H,31,33). The summed E-state index contributed by atoms with van der Waals surface area (Å²) in [7, 11) is 0. The molecule has 4 aromatic rings. The maximum atomic E-state index is 9.05. The lowest BCUT2D eigenvalue weighted by Crippen LogP contribution is -2.29. The number of aryl methyl sites for hydroxylation is 1. The zero-order valence-electron chi connectivity index (χ0n) is 20.3. The highest BCUT2D eigenvalue weighted by Gasteiger charge is 2.17. The van der Waals surface area contributed by atoms with E-state index in [1.807, 2.05) is 24.3 Å². The molecule has 11 heteroatoms. The number of halogens is 2. The molecule has 0 bridgehead atoms. The van der Waals surface area contributed by atoms with Crippen molar-refractivity contribution in [2.24, 2.45) is 0 Å². The molecule has 0 atom stereocenters. The highest BCUT2D eigenvalue weighted by molar-refractivity contribution is 6.36. The van der Waals surface area contributed by atoms with E-state index in [-0.39, 0.29) is 5.82 Å². The summed E-state index contributed by atoms with van der Waals surface area (Å²) in [6, 6.07) is 12.8. The first-order valence-electron chi connectivity index (χ1n) is 12.3. The lowest BCUT2D eigenvalue weighted by molar-refractivity contribution is 0.216. The van der Waals surface area contributed by atoms with Crippen LogP contribution in [0, 0.1) is 11.3 Å². The number of hydrogen-bond donors (Lipinski definition) is 2. The van der Waals surface area contributed by atoms with Gasteiger partial charge in [-0.3, -0.25) is 4.90 Å². The Bertz CT molecular complexity index is 1450. The van der Waals surface area contributed by atoms with Gasteiger partial charge in [-0.2, -0.15) is 9.78 Å². The Labute approximate surface area is 225 Å². The first kappa shape index (κ1) is 25.2. The summed E-state index contributed by atoms with van der Waals surface area (Å²) in [4.78, 5) is 16.4. The van der Waals surface area contributed by atoms with Crippen LogP contribution >= 0.6 is 23.2 Å². The van der Waals surface area contributed by atoms with E-state index in [1.54, 1.807) is 22.7 Å². The van der Waals surface area contributed by atoms with Crippen LogP contribution in [0.15, 0.2) is 36.4 Å². The van der Waals surface area contributed by atoms with Crippen LogP contribution in [0.3, 0.4) is 0 Å². The van der Waals surface area contributed by atoms with Crippen LogP contribution < -0.4 is 11.1 Å². The average Bonchev–Trinajstić information content (AvgIpc) is 3.29. The number of nitrogen functional groups attached to an aromatic ring is 1. The average molecular weight is 536 g/mol. The molecule has 9 nitrogen and oxygen atoms in total. The minimum atomic E-state index is 0.257. The van der Waals surface area contributed by atoms with E-state index in [0.717, 1.165) is 36.6 Å². The van der Waals surface area contributed by atoms with Crippen molar-refractivity contribution in [3.63, 3.8) is 0 Å². The second-order valence-corrected chi connectivity index (χ2v) is 9.95. The van der Waals surface area contributed by atoms with E-state index in [1.165, 1.54) is 19.3 Å². The van der Waals surface area contributed by atoms with E-state index >= 15 is 0 Å². The first-order valence-corrected chi connectivity index (χ1v) is 13.1. The van der Waals surface area contributed by atoms with Crippen LogP contribution in [-0.2, 0) is 13.0 Å². The fourth-order valence-corrected chi connectivity index (χ4v) is 4.99. The van der Waals surface area contributed by atoms with Gasteiger partial charge < -0.3 is 11.1 Å². The van der Waals surface area contributed by atoms with Gasteiger partial charge in [0.25, 0.3) is 0 Å². The van der Waals surface area contributed by atoms with Crippen LogP contribution in [0.2, 0.25) is 10.0 Å². The van der Waals surface area contributed by atoms with E-state index in [4.69, 9.17) is 49.3 Å². The van der Waals surface area contributed by atoms with E-state index in [0.29, 0.717) is 52.4 Å². The molecular weight excluding hydrogens is 509 g/mol. The summed E-state index contributed by atoms with van der Waals surface area (Å²) in [6.45, 7) is 3.48. The van der Waals surface area contributed by atoms with Gasteiger partial charge in [-0.25, -0.2) is 15.0 Å². The number of aromatic nitrogens is 5. The van der Waals surface area contributed by atoms with Crippen LogP contribution in [-0.4, -0.2) is 49.1 Å². The van der Waals surface area contributed by atoms with Gasteiger partial charge in [0, 0.05) is 28.9 Å². The van der Waals surface area contributed by atoms with Gasteiger partial charge >= 0.3 is 0 Å². The summed E-state index contributed by atoms with van der Waals surface area (Å²) in [6.07, 6.45) is 5.18. The summed E-state index contributed by atoms with van der Waals surface area (Å²) >= 11 is 12.6. The number of rotatable bonds is 8. The van der Waals surface area contributed by atoms with Gasteiger partial charge in [-0.1, -0.05) is 29.6 Å². The first-order chi connectivity index (χ1) is 18.0. The topological polar surface area (TPSA) is 121 Å². The number of nitrogens with two attached hydrogens (primary N) is 1. The Kier molecular flexibility index (Phi) is 7.70. The number of nitrogens with one attached hydrogen (secondary N) is 1. The van der Waals surface area contributed by atoms with Crippen molar-refractivity contribution in [3.05, 3.63) is 63.5 Å². The second kappa shape index (κ2) is 11.3. The van der Waals surface area contributed by atoms with E-state index in [2.05, 4.69) is 15.2 Å². The molecule has 4 heterocycles. The fourth-order valence-electron chi connectivity index (χ4n) is 4.49. The van der Waals surface area contributed by atoms with Gasteiger partial charge in [-0.15, -0.1) is 5.10 Å². The largest absolute Gasteiger partial charge is 0.383 e. The summed E-state index contributed by atoms with van der Waals surface area (Å²) < 4.78 is 1.75. The van der Waals surface area contributed by atoms with E-state index < -0.39 is 0 Å². The normalized spacial score (nSPS) is 14.1. The zero-order chi connectivity index (χ0) is 25.8. The number of anilines is 2. The van der Waals surface area contributed by atoms with Gasteiger partial charge in [0.2, 0.25) is 5.95 Å². The quantitative estimate of drug-likeness (QED) is 0.303. The Balaban J connectivity index is 1.38. The molecule has 0 amide bonds. The van der Waals surface area contributed by atoms with Crippen LogP contribution in [0.1, 0.15) is 42.8 Å². The van der Waals surface area contributed by atoms with Gasteiger partial charge in [-0.05, 0) is 69.1 Å². The van der Waals surface area contributed by atoms with Crippen molar-refractivity contribution in [2.45, 2.75) is 38.6 Å². The number of pyridine rings is 1. The van der Waals surface area contributed by atoms with Gasteiger partial charge in [0.05, 0.1) is 22.8 Å². The number of benzene rings is 1. The molecule has 37 heavy (non-hydrogen) atoms. The molecule has 0 radical (unpaired) electrons. The molecule has 1 fully saturated rings. The van der Waals surface area contributed by atoms with Crippen molar-refractivity contribution in [3.8, 4) is 17.3 Å². The van der Waals surface area contributed by atoms with Gasteiger partial charge in [0.1, 0.15) is 11.9 Å². The summed E-state index contributed by atoms with van der Waals surface area (Å²) in [5, 5.41) is 18.3. The molecule has 3 aromatic heterocycles. The maximum Gasteiger partial charge on any atom is 0.226 e. The Morgan fingerprint density at radius 1 is 1.03 bits per heavy atom. The molecule has 1 saturated heterocycles. The molecule has 3 N–H and O–H groups in total. The maximum absolute atomic E-state index is 9.05. The third-order valence-electron chi connectivity index (χ3n) is 6.39. The smallest absolute Gasteiger partial charge is 0.226 e. The third-order valence-corrected chi connectivity index (χ3v) is 6.93. The Hall–Kier alpha value is -3.45. The molecule has 0 saturated carbocycles. The minimum absolute atomic E-state index is 0.257. The lowest BCUT2D eigenvalue weighted by atomic mass is 10.1. The monoisotopic (exact) mass is 535 g/mol. The number of fused-ring (bicyclic) bond motifs is 1. The fraction of sp³-hybridized carbons (Fsp3) is 0.346. The molecule has 5 rings (SSSR count). The van der Waals surface area contributed by atoms with E-state index in [9.17, 15) is 0 Å². The number of piperidine rings is 1. The SMILES string of the molecule is N#Cc1ccc(CCCNc2nc(-c3ccc(Cl)cc3Cl)cc3nc(CN4CCCCC4)nn23)nc1N. The second-order valence-electron chi connectivity index (χ2n) is 9.10. The highest BCUT2D eigenvalue weighted by Crippen LogP contribution is 2.30. The van der Waals surface area contributed by atoms with Crippen molar-refractivity contribution >= 4 is 40.6 Å². The van der Waals surface area contributed by atoms with Crippen LogP contribution in [0.4, 0.5) is 11.8 Å². The highest BCUT2D eigenvalue weighted by atomic mass is 35.5. The Morgan fingerprint density at radius 2 is 1.86 bits per heavy atom. The van der Waals surface area contributed by atoms with Gasteiger partial charge in [0.15, 0.2) is 11.5 Å². The van der Waals surface area contributed by atoms with Crippen LogP contribution in [0.5, 0.6) is 0 Å². The number of likely N-dealkylation sites (tertiary alicyclic amines) is 1. The van der Waals surface area contributed by atoms with Crippen molar-refractivity contribution < 1.29 is 0 Å². The Morgan fingerprint density at radius 3 is 2.62 bits per heavy atom. The predicted octanol–water partition coefficient (Wildman–Crippen LogP) is 4.98. The predicted molar refractivity (Wildman–Crippen MR) is 146 cm³/mol. The lowest BCUT2D eigenvalue weighted by Gasteiger charge is -2.24. The molecule has 1 aliphatic rings. The molecule has 1 aliphatic heterocycles. The number of nitriles is 1. The number of hydrogen-bond acceptors (Lipinski definition) is 8. The van der Waals surface area contributed by atoms with Crippen molar-refractivity contribution in [1.29, 1.82) is 5.26 Å². The van der Waals surface area contributed by atoms with Crippen LogP contribution in [0.25, 0.3) is 16.9 Å². The number of nitrogens with zero attached hydrogens (tertiary/aromatic N) is 7. The molecule has 1 aromatic carbocycles. The minimum Gasteiger partial charge on any atom is -0.383 e. The third kappa shape index (κ3) is 5.93. The molecule has 0 aliphatic carbocycles. The van der Waals surface area contributed by atoms with Crippen molar-refractivity contribution in [1.82, 2.24) is 29.5 Å². The van der Waals surface area contributed by atoms with Crippen molar-refractivity contribution in [2.75, 3.05) is 30.7 Å². The molecule has 0 unspecified atom stereocenters. The molecular formula is C26H27Cl2N9. The molecule has 0 spiro atoms. The summed E-state index contributed by atoms with van der Waals surface area (Å²) in [5.74, 6) is 1.61. The summed E-state index contributed by atoms with van der Waals surface area (Å²) in [5.41, 5.74) is 9.24. The molecule has 190 valence electrons.